The van der Waals surface area contributed by atoms with Crippen molar-refractivity contribution in [2.24, 2.45) is 11.1 Å². The lowest BCUT2D eigenvalue weighted by molar-refractivity contribution is 0.246. The van der Waals surface area contributed by atoms with Gasteiger partial charge >= 0.3 is 0 Å². The Balaban J connectivity index is 2.89. The Morgan fingerprint density at radius 3 is 2.61 bits per heavy atom. The van der Waals surface area contributed by atoms with Gasteiger partial charge in [0.1, 0.15) is 10.6 Å². The number of primary sulfonamides is 1. The normalized spacial score (nSPS) is 13.3. The average Bonchev–Trinajstić information content (AvgIpc) is 2.26. The second-order valence-corrected chi connectivity index (χ2v) is 5.99. The van der Waals surface area contributed by atoms with E-state index in [0.717, 1.165) is 12.8 Å². The number of nitrogens with two attached hydrogens (primary N) is 2. The Morgan fingerprint density at radius 1 is 1.39 bits per heavy atom. The maximum Gasteiger partial charge on any atom is 0.241 e. The van der Waals surface area contributed by atoms with Crippen LogP contribution in [0.4, 0.5) is 5.69 Å². The summed E-state index contributed by atoms with van der Waals surface area (Å²) in [4.78, 5) is -0.0637. The Labute approximate surface area is 108 Å². The highest BCUT2D eigenvalue weighted by Crippen LogP contribution is 2.25. The summed E-state index contributed by atoms with van der Waals surface area (Å²) >= 11 is 0. The van der Waals surface area contributed by atoms with Crippen molar-refractivity contribution in [3.05, 3.63) is 18.2 Å². The predicted molar refractivity (Wildman–Crippen MR) is 71.8 cm³/mol. The summed E-state index contributed by atoms with van der Waals surface area (Å²) in [7, 11) is -3.82. The lowest BCUT2D eigenvalue weighted by Gasteiger charge is -2.14. The van der Waals surface area contributed by atoms with Crippen LogP contribution in [-0.2, 0) is 10.0 Å². The number of ether oxygens (including phenoxy) is 1. The van der Waals surface area contributed by atoms with Crippen molar-refractivity contribution in [3.8, 4) is 5.75 Å². The number of anilines is 1. The van der Waals surface area contributed by atoms with Crippen LogP contribution in [-0.4, -0.2) is 15.0 Å². The number of hydrogen-bond donors (Lipinski definition) is 2. The summed E-state index contributed by atoms with van der Waals surface area (Å²) in [6.45, 7) is 4.60. The van der Waals surface area contributed by atoms with Crippen molar-refractivity contribution in [2.75, 3.05) is 12.3 Å². The molecule has 0 saturated heterocycles. The van der Waals surface area contributed by atoms with Gasteiger partial charge in [0.25, 0.3) is 0 Å². The van der Waals surface area contributed by atoms with Crippen molar-refractivity contribution < 1.29 is 13.2 Å². The molecule has 0 saturated carbocycles. The van der Waals surface area contributed by atoms with Gasteiger partial charge in [-0.25, -0.2) is 13.6 Å². The van der Waals surface area contributed by atoms with Crippen LogP contribution in [0.25, 0.3) is 0 Å². The van der Waals surface area contributed by atoms with Gasteiger partial charge in [-0.15, -0.1) is 0 Å². The van der Waals surface area contributed by atoms with Gasteiger partial charge in [0.05, 0.1) is 6.61 Å². The minimum atomic E-state index is -3.82. The van der Waals surface area contributed by atoms with E-state index in [0.29, 0.717) is 18.2 Å². The van der Waals surface area contributed by atoms with Crippen LogP contribution in [0.5, 0.6) is 5.75 Å². The van der Waals surface area contributed by atoms with Crippen LogP contribution in [0.1, 0.15) is 26.7 Å². The number of nitrogen functional groups attached to an aromatic ring is 1. The molecule has 1 rings (SSSR count). The van der Waals surface area contributed by atoms with Crippen molar-refractivity contribution in [1.82, 2.24) is 0 Å². The van der Waals surface area contributed by atoms with Crippen molar-refractivity contribution >= 4 is 15.7 Å². The molecule has 0 aliphatic carbocycles. The maximum atomic E-state index is 11.4. The number of rotatable bonds is 6. The molecule has 6 heteroatoms. The van der Waals surface area contributed by atoms with Gasteiger partial charge in [-0.1, -0.05) is 20.3 Å². The molecular formula is C12H20N2O3S. The second-order valence-electron chi connectivity index (χ2n) is 4.46. The van der Waals surface area contributed by atoms with Gasteiger partial charge in [-0.3, -0.25) is 0 Å². The largest absolute Gasteiger partial charge is 0.492 e. The van der Waals surface area contributed by atoms with Crippen molar-refractivity contribution in [1.29, 1.82) is 0 Å². The molecule has 0 bridgehead atoms. The average molecular weight is 272 g/mol. The standard InChI is InChI=1S/C12H20N2O3S/c1-3-4-9(2)8-17-11-6-5-10(13)7-12(11)18(14,15)16/h5-7,9H,3-4,8,13H2,1-2H3,(H2,14,15,16). The van der Waals surface area contributed by atoms with Crippen LogP contribution in [0.15, 0.2) is 23.1 Å². The zero-order valence-electron chi connectivity index (χ0n) is 10.7. The van der Waals surface area contributed by atoms with E-state index in [1.807, 2.05) is 0 Å². The molecule has 0 spiro atoms. The molecule has 0 heterocycles. The van der Waals surface area contributed by atoms with E-state index in [1.165, 1.54) is 12.1 Å². The fourth-order valence-electron chi connectivity index (χ4n) is 1.67. The Hall–Kier alpha value is -1.27. The maximum absolute atomic E-state index is 11.4. The Morgan fingerprint density at radius 2 is 2.06 bits per heavy atom. The number of sulfonamides is 1. The molecule has 4 N–H and O–H groups in total. The van der Waals surface area contributed by atoms with Gasteiger partial charge in [0, 0.05) is 5.69 Å². The number of hydrogen-bond acceptors (Lipinski definition) is 4. The molecule has 0 aliphatic heterocycles. The zero-order chi connectivity index (χ0) is 13.8. The first-order valence-electron chi connectivity index (χ1n) is 5.89. The lowest BCUT2D eigenvalue weighted by atomic mass is 10.1. The molecule has 0 amide bonds. The van der Waals surface area contributed by atoms with Crippen molar-refractivity contribution in [2.45, 2.75) is 31.6 Å². The third-order valence-electron chi connectivity index (χ3n) is 2.58. The zero-order valence-corrected chi connectivity index (χ0v) is 11.5. The van der Waals surface area contributed by atoms with Gasteiger partial charge in [-0.05, 0) is 30.5 Å². The second kappa shape index (κ2) is 6.06. The monoisotopic (exact) mass is 272 g/mol. The quantitative estimate of drug-likeness (QED) is 0.771. The topological polar surface area (TPSA) is 95.4 Å². The highest BCUT2D eigenvalue weighted by Gasteiger charge is 2.16. The smallest absolute Gasteiger partial charge is 0.241 e. The highest BCUT2D eigenvalue weighted by atomic mass is 32.2. The van der Waals surface area contributed by atoms with Crippen LogP contribution in [0.2, 0.25) is 0 Å². The molecule has 1 atom stereocenters. The molecule has 1 aromatic rings. The van der Waals surface area contributed by atoms with Crippen LogP contribution >= 0.6 is 0 Å². The van der Waals surface area contributed by atoms with Crippen LogP contribution < -0.4 is 15.6 Å². The minimum Gasteiger partial charge on any atom is -0.492 e. The molecule has 18 heavy (non-hydrogen) atoms. The molecule has 0 fully saturated rings. The van der Waals surface area contributed by atoms with E-state index in [4.69, 9.17) is 15.6 Å². The Bertz CT molecular complexity index is 500. The molecule has 0 aliphatic rings. The molecule has 0 radical (unpaired) electrons. The molecule has 1 unspecified atom stereocenters. The van der Waals surface area contributed by atoms with Crippen LogP contribution in [0, 0.1) is 5.92 Å². The van der Waals surface area contributed by atoms with E-state index in [9.17, 15) is 8.42 Å². The first-order chi connectivity index (χ1) is 8.34. The van der Waals surface area contributed by atoms with E-state index in [1.54, 1.807) is 6.07 Å². The van der Waals surface area contributed by atoms with Crippen molar-refractivity contribution in [3.63, 3.8) is 0 Å². The van der Waals surface area contributed by atoms with E-state index >= 15 is 0 Å². The summed E-state index contributed by atoms with van der Waals surface area (Å²) in [6.07, 6.45) is 2.09. The molecule has 5 nitrogen and oxygen atoms in total. The first-order valence-corrected chi connectivity index (χ1v) is 7.44. The summed E-state index contributed by atoms with van der Waals surface area (Å²) < 4.78 is 28.4. The Kier molecular flexibility index (Phi) is 4.98. The fraction of sp³-hybridized carbons (Fsp3) is 0.500. The SMILES string of the molecule is CCCC(C)COc1ccc(N)cc1S(N)(=O)=O. The van der Waals surface area contributed by atoms with E-state index < -0.39 is 10.0 Å². The lowest BCUT2D eigenvalue weighted by Crippen LogP contribution is -2.16. The summed E-state index contributed by atoms with van der Waals surface area (Å²) in [5.74, 6) is 0.621. The molecule has 0 aromatic heterocycles. The third-order valence-corrected chi connectivity index (χ3v) is 3.51. The first kappa shape index (κ1) is 14.8. The summed E-state index contributed by atoms with van der Waals surface area (Å²) in [6, 6.07) is 4.44. The third kappa shape index (κ3) is 4.19. The predicted octanol–water partition coefficient (Wildman–Crippen LogP) is 1.73. The fourth-order valence-corrected chi connectivity index (χ4v) is 2.38. The number of benzene rings is 1. The van der Waals surface area contributed by atoms with E-state index in [2.05, 4.69) is 13.8 Å². The summed E-state index contributed by atoms with van der Waals surface area (Å²) in [5.41, 5.74) is 5.89. The van der Waals surface area contributed by atoms with Gasteiger partial charge < -0.3 is 10.5 Å². The van der Waals surface area contributed by atoms with Gasteiger partial charge in [0.2, 0.25) is 10.0 Å². The molecule has 1 aromatic carbocycles. The van der Waals surface area contributed by atoms with Gasteiger partial charge in [-0.2, -0.15) is 0 Å². The van der Waals surface area contributed by atoms with E-state index in [-0.39, 0.29) is 10.6 Å². The highest BCUT2D eigenvalue weighted by molar-refractivity contribution is 7.89. The minimum absolute atomic E-state index is 0.0637. The summed E-state index contributed by atoms with van der Waals surface area (Å²) in [5, 5.41) is 5.13. The molecule has 102 valence electrons. The van der Waals surface area contributed by atoms with Crippen LogP contribution in [0.3, 0.4) is 0 Å². The van der Waals surface area contributed by atoms with Gasteiger partial charge in [0.15, 0.2) is 0 Å². The molecular weight excluding hydrogens is 252 g/mol.